The van der Waals surface area contributed by atoms with E-state index in [-0.39, 0.29) is 0 Å². The molecule has 0 bridgehead atoms. The van der Waals surface area contributed by atoms with E-state index in [0.717, 1.165) is 25.7 Å². The van der Waals surface area contributed by atoms with E-state index in [1.54, 1.807) is 12.1 Å². The summed E-state index contributed by atoms with van der Waals surface area (Å²) >= 11 is 0. The van der Waals surface area contributed by atoms with Gasteiger partial charge in [0.2, 0.25) is 0 Å². The third kappa shape index (κ3) is 5.08. The van der Waals surface area contributed by atoms with Crippen molar-refractivity contribution < 1.29 is 13.9 Å². The van der Waals surface area contributed by atoms with Crippen LogP contribution < -0.4 is 9.64 Å². The van der Waals surface area contributed by atoms with Crippen molar-refractivity contribution in [1.29, 1.82) is 0 Å². The lowest BCUT2D eigenvalue weighted by atomic mass is 10.2. The van der Waals surface area contributed by atoms with Gasteiger partial charge in [-0.1, -0.05) is 56.5 Å². The molecule has 0 N–H and O–H groups in total. The number of amides is 1. The first-order valence-corrected chi connectivity index (χ1v) is 8.44. The van der Waals surface area contributed by atoms with Gasteiger partial charge in [0.1, 0.15) is 5.75 Å². The van der Waals surface area contributed by atoms with Crippen molar-refractivity contribution in [2.45, 2.75) is 32.6 Å². The summed E-state index contributed by atoms with van der Waals surface area (Å²) in [7, 11) is 0. The summed E-state index contributed by atoms with van der Waals surface area (Å²) in [4.78, 5) is 13.6. The average Bonchev–Trinajstić information content (AvgIpc) is 2.63. The zero-order chi connectivity index (χ0) is 17.2. The number of ether oxygens (including phenoxy) is 1. The fourth-order valence-corrected chi connectivity index (χ4v) is 2.53. The lowest BCUT2D eigenvalue weighted by Gasteiger charge is -2.24. The van der Waals surface area contributed by atoms with Crippen molar-refractivity contribution in [1.82, 2.24) is 0 Å². The maximum atomic E-state index is 13.0. The molecule has 0 aliphatic rings. The van der Waals surface area contributed by atoms with Crippen molar-refractivity contribution >= 4 is 11.6 Å². The van der Waals surface area contributed by atoms with Crippen molar-refractivity contribution in [3.63, 3.8) is 0 Å². The number of carbonyl (C=O) groups excluding carboxylic acids is 1. The number of nitrogens with zero attached hydrogens (tertiary/aromatic N) is 1. The van der Waals surface area contributed by atoms with E-state index in [1.807, 2.05) is 42.5 Å². The minimum atomic E-state index is -1.01. The second-order valence-electron chi connectivity index (χ2n) is 5.62. The lowest BCUT2D eigenvalue weighted by molar-refractivity contribution is -0.119. The van der Waals surface area contributed by atoms with Crippen molar-refractivity contribution in [3.05, 3.63) is 54.6 Å². The van der Waals surface area contributed by atoms with Crippen LogP contribution in [0.3, 0.4) is 0 Å². The zero-order valence-electron chi connectivity index (χ0n) is 14.1. The van der Waals surface area contributed by atoms with Gasteiger partial charge < -0.3 is 9.64 Å². The normalized spacial score (nSPS) is 10.4. The molecule has 2 rings (SSSR count). The predicted octanol–water partition coefficient (Wildman–Crippen LogP) is 5.36. The largest absolute Gasteiger partial charge is 0.455 e. The highest BCUT2D eigenvalue weighted by Gasteiger charge is 2.19. The smallest absolute Gasteiger partial charge is 0.258 e. The molecule has 128 valence electrons. The summed E-state index contributed by atoms with van der Waals surface area (Å²) < 4.78 is 18.9. The summed E-state index contributed by atoms with van der Waals surface area (Å²) in [5.41, 5.74) is 0.612. The molecule has 0 saturated heterocycles. The molecule has 0 aliphatic heterocycles. The van der Waals surface area contributed by atoms with E-state index in [2.05, 4.69) is 6.92 Å². The van der Waals surface area contributed by atoms with Crippen LogP contribution in [0.5, 0.6) is 11.5 Å². The molecular formula is C20H24FNO2. The van der Waals surface area contributed by atoms with Gasteiger partial charge >= 0.3 is 0 Å². The topological polar surface area (TPSA) is 29.5 Å². The Kier molecular flexibility index (Phi) is 7.27. The molecule has 0 atom stereocenters. The molecule has 0 spiro atoms. The number of halogens is 1. The number of hydrogen-bond donors (Lipinski definition) is 0. The Morgan fingerprint density at radius 1 is 1.00 bits per heavy atom. The molecule has 2 aromatic carbocycles. The van der Waals surface area contributed by atoms with E-state index in [1.165, 1.54) is 4.90 Å². The van der Waals surface area contributed by atoms with E-state index >= 15 is 0 Å². The van der Waals surface area contributed by atoms with Crippen LogP contribution in [0, 0.1) is 0 Å². The lowest BCUT2D eigenvalue weighted by Crippen LogP contribution is -2.33. The monoisotopic (exact) mass is 329 g/mol. The highest BCUT2D eigenvalue weighted by atomic mass is 19.1. The number of benzene rings is 2. The SMILES string of the molecule is CCCCCCN(C(=O)CF)c1ccccc1Oc1ccccc1. The minimum Gasteiger partial charge on any atom is -0.455 e. The highest BCUT2D eigenvalue weighted by Crippen LogP contribution is 2.32. The molecule has 0 saturated carbocycles. The van der Waals surface area contributed by atoms with Crippen molar-refractivity contribution in [2.24, 2.45) is 0 Å². The molecule has 0 unspecified atom stereocenters. The predicted molar refractivity (Wildman–Crippen MR) is 95.4 cm³/mol. The molecule has 0 aromatic heterocycles. The molecule has 0 aliphatic carbocycles. The van der Waals surface area contributed by atoms with Gasteiger partial charge in [0.15, 0.2) is 12.4 Å². The van der Waals surface area contributed by atoms with Crippen LogP contribution in [0.25, 0.3) is 0 Å². The van der Waals surface area contributed by atoms with E-state index in [0.29, 0.717) is 23.7 Å². The average molecular weight is 329 g/mol. The van der Waals surface area contributed by atoms with Crippen molar-refractivity contribution in [3.8, 4) is 11.5 Å². The Hall–Kier alpha value is -2.36. The first-order chi connectivity index (χ1) is 11.8. The van der Waals surface area contributed by atoms with Gasteiger partial charge in [-0.25, -0.2) is 4.39 Å². The maximum absolute atomic E-state index is 13.0. The molecule has 4 heteroatoms. The first-order valence-electron chi connectivity index (χ1n) is 8.44. The second-order valence-corrected chi connectivity index (χ2v) is 5.62. The Morgan fingerprint density at radius 2 is 1.71 bits per heavy atom. The van der Waals surface area contributed by atoms with Crippen LogP contribution in [0.2, 0.25) is 0 Å². The number of alkyl halides is 1. The Morgan fingerprint density at radius 3 is 2.42 bits per heavy atom. The fourth-order valence-electron chi connectivity index (χ4n) is 2.53. The van der Waals surface area contributed by atoms with Crippen LogP contribution >= 0.6 is 0 Å². The van der Waals surface area contributed by atoms with Gasteiger partial charge in [0.05, 0.1) is 5.69 Å². The zero-order valence-corrected chi connectivity index (χ0v) is 14.1. The number of anilines is 1. The van der Waals surface area contributed by atoms with Gasteiger partial charge in [-0.2, -0.15) is 0 Å². The van der Waals surface area contributed by atoms with Gasteiger partial charge in [0, 0.05) is 6.54 Å². The first kappa shape index (κ1) is 18.0. The second kappa shape index (κ2) is 9.71. The molecule has 0 radical (unpaired) electrons. The van der Waals surface area contributed by atoms with Crippen LogP contribution in [0.15, 0.2) is 54.6 Å². The maximum Gasteiger partial charge on any atom is 0.258 e. The van der Waals surface area contributed by atoms with Crippen LogP contribution in [0.1, 0.15) is 32.6 Å². The highest BCUT2D eigenvalue weighted by molar-refractivity contribution is 5.95. The summed E-state index contributed by atoms with van der Waals surface area (Å²) in [5.74, 6) is 0.709. The number of para-hydroxylation sites is 3. The third-order valence-electron chi connectivity index (χ3n) is 3.78. The van der Waals surface area contributed by atoms with Gasteiger partial charge in [-0.05, 0) is 30.7 Å². The summed E-state index contributed by atoms with van der Waals surface area (Å²) in [6, 6.07) is 16.6. The third-order valence-corrected chi connectivity index (χ3v) is 3.78. The van der Waals surface area contributed by atoms with Crippen LogP contribution in [0.4, 0.5) is 10.1 Å². The van der Waals surface area contributed by atoms with Gasteiger partial charge in [0.25, 0.3) is 5.91 Å². The molecule has 24 heavy (non-hydrogen) atoms. The van der Waals surface area contributed by atoms with E-state index in [9.17, 15) is 9.18 Å². The molecular weight excluding hydrogens is 305 g/mol. The molecule has 0 fully saturated rings. The van der Waals surface area contributed by atoms with E-state index in [4.69, 9.17) is 4.74 Å². The molecule has 1 amide bonds. The van der Waals surface area contributed by atoms with E-state index < -0.39 is 12.6 Å². The summed E-state index contributed by atoms with van der Waals surface area (Å²) in [6.07, 6.45) is 4.10. The Bertz CT molecular complexity index is 631. The van der Waals surface area contributed by atoms with Gasteiger partial charge in [-0.3, -0.25) is 4.79 Å². The standard InChI is InChI=1S/C20H24FNO2/c1-2-3-4-10-15-22(20(23)16-21)18-13-8-9-14-19(18)24-17-11-6-5-7-12-17/h5-9,11-14H,2-4,10,15-16H2,1H3. The van der Waals surface area contributed by atoms with Crippen LogP contribution in [-0.4, -0.2) is 19.1 Å². The number of unbranched alkanes of at least 4 members (excludes halogenated alkanes) is 3. The van der Waals surface area contributed by atoms with Crippen molar-refractivity contribution in [2.75, 3.05) is 18.1 Å². The Balaban J connectivity index is 2.20. The molecule has 0 heterocycles. The number of hydrogen-bond acceptors (Lipinski definition) is 2. The molecule has 2 aromatic rings. The fraction of sp³-hybridized carbons (Fsp3) is 0.350. The quantitative estimate of drug-likeness (QED) is 0.579. The summed E-state index contributed by atoms with van der Waals surface area (Å²) in [6.45, 7) is 1.62. The Labute approximate surface area is 143 Å². The van der Waals surface area contributed by atoms with Gasteiger partial charge in [-0.15, -0.1) is 0 Å². The summed E-state index contributed by atoms with van der Waals surface area (Å²) in [5, 5.41) is 0. The molecule has 3 nitrogen and oxygen atoms in total. The number of carbonyl (C=O) groups is 1. The van der Waals surface area contributed by atoms with Crippen LogP contribution in [-0.2, 0) is 4.79 Å². The number of rotatable bonds is 9. The minimum absolute atomic E-state index is 0.498.